The number of hydrogen-bond donors (Lipinski definition) is 4. The smallest absolute Gasteiger partial charge is 0.115 e. The van der Waals surface area contributed by atoms with Crippen LogP contribution in [0.15, 0.2) is 30.5 Å². The van der Waals surface area contributed by atoms with Gasteiger partial charge in [0.05, 0.1) is 0 Å². The highest BCUT2D eigenvalue weighted by Crippen LogP contribution is 2.24. The van der Waals surface area contributed by atoms with E-state index in [4.69, 9.17) is 0 Å². The Morgan fingerprint density at radius 1 is 1.26 bits per heavy atom. The van der Waals surface area contributed by atoms with E-state index in [1.807, 2.05) is 6.20 Å². The number of piperazine rings is 1. The van der Waals surface area contributed by atoms with Gasteiger partial charge < -0.3 is 21.0 Å². The maximum Gasteiger partial charge on any atom is 0.115 e. The number of aryl methyl sites for hydroxylation is 1. The number of hydrogen-bond acceptors (Lipinski definition) is 5. The average Bonchev–Trinajstić information content (AvgIpc) is 2.93. The lowest BCUT2D eigenvalue weighted by molar-refractivity contribution is 0.588. The molecular weight excluding hydrogens is 238 g/mol. The van der Waals surface area contributed by atoms with E-state index in [0.29, 0.717) is 0 Å². The van der Waals surface area contributed by atoms with E-state index >= 15 is 0 Å². The van der Waals surface area contributed by atoms with Crippen LogP contribution < -0.4 is 26.4 Å². The molecule has 5 nitrogen and oxygen atoms in total. The van der Waals surface area contributed by atoms with E-state index in [-0.39, 0.29) is 6.17 Å². The zero-order chi connectivity index (χ0) is 13.1. The van der Waals surface area contributed by atoms with Crippen LogP contribution in [0, 0.1) is 6.92 Å². The Morgan fingerprint density at radius 3 is 2.79 bits per heavy atom. The van der Waals surface area contributed by atoms with Crippen molar-refractivity contribution in [3.63, 3.8) is 0 Å². The predicted octanol–water partition coefficient (Wildman–Crippen LogP) is 0.764. The van der Waals surface area contributed by atoms with Crippen molar-refractivity contribution in [2.45, 2.75) is 13.1 Å². The van der Waals surface area contributed by atoms with Crippen LogP contribution in [0.25, 0.3) is 0 Å². The third-order valence-corrected chi connectivity index (χ3v) is 3.59. The number of hydrazine groups is 1. The molecule has 2 aliphatic rings. The molecule has 3 rings (SSSR count). The molecule has 1 aromatic rings. The molecule has 1 saturated heterocycles. The summed E-state index contributed by atoms with van der Waals surface area (Å²) in [6.07, 6.45) is 4.11. The Kier molecular flexibility index (Phi) is 3.57. The first-order valence-electron chi connectivity index (χ1n) is 6.83. The molecule has 0 bridgehead atoms. The molecule has 0 aromatic heterocycles. The van der Waals surface area contributed by atoms with Gasteiger partial charge in [0.25, 0.3) is 0 Å². The van der Waals surface area contributed by atoms with Crippen molar-refractivity contribution < 1.29 is 0 Å². The second-order valence-corrected chi connectivity index (χ2v) is 5.01. The topological polar surface area (TPSA) is 51.4 Å². The van der Waals surface area contributed by atoms with Gasteiger partial charge in [0.15, 0.2) is 0 Å². The Balaban J connectivity index is 1.71. The summed E-state index contributed by atoms with van der Waals surface area (Å²) in [4.78, 5) is 2.45. The molecule has 0 amide bonds. The summed E-state index contributed by atoms with van der Waals surface area (Å²) in [5.74, 6) is 0. The van der Waals surface area contributed by atoms with Gasteiger partial charge in [0.1, 0.15) is 6.17 Å². The summed E-state index contributed by atoms with van der Waals surface area (Å²) in [5, 5.41) is 6.81. The van der Waals surface area contributed by atoms with Crippen LogP contribution in [0.1, 0.15) is 5.56 Å². The van der Waals surface area contributed by atoms with Gasteiger partial charge in [-0.05, 0) is 36.8 Å². The highest BCUT2D eigenvalue weighted by Gasteiger charge is 2.13. The van der Waals surface area contributed by atoms with Crippen LogP contribution in [-0.2, 0) is 0 Å². The van der Waals surface area contributed by atoms with Gasteiger partial charge in [-0.1, -0.05) is 0 Å². The van der Waals surface area contributed by atoms with Gasteiger partial charge in [-0.3, -0.25) is 0 Å². The lowest BCUT2D eigenvalue weighted by atomic mass is 10.1. The van der Waals surface area contributed by atoms with Crippen molar-refractivity contribution in [3.05, 3.63) is 36.0 Å². The maximum absolute atomic E-state index is 3.42. The summed E-state index contributed by atoms with van der Waals surface area (Å²) in [6.45, 7) is 6.50. The first-order valence-corrected chi connectivity index (χ1v) is 6.83. The largest absolute Gasteiger partial charge is 0.369 e. The molecule has 0 saturated carbocycles. The third-order valence-electron chi connectivity index (χ3n) is 3.59. The Morgan fingerprint density at radius 2 is 2.11 bits per heavy atom. The summed E-state index contributed by atoms with van der Waals surface area (Å²) in [5.41, 5.74) is 9.88. The van der Waals surface area contributed by atoms with Crippen molar-refractivity contribution in [1.82, 2.24) is 16.2 Å². The Hall–Kier alpha value is -1.72. The van der Waals surface area contributed by atoms with Gasteiger partial charge in [-0.15, -0.1) is 0 Å². The molecule has 5 heteroatoms. The normalized spacial score (nSPS) is 22.4. The number of anilines is 2. The van der Waals surface area contributed by atoms with E-state index in [9.17, 15) is 0 Å². The van der Waals surface area contributed by atoms with Crippen LogP contribution >= 0.6 is 0 Å². The fourth-order valence-corrected chi connectivity index (χ4v) is 2.60. The molecule has 2 aliphatic heterocycles. The van der Waals surface area contributed by atoms with E-state index in [1.54, 1.807) is 0 Å². The van der Waals surface area contributed by atoms with Crippen molar-refractivity contribution >= 4 is 11.4 Å². The fraction of sp³-hybridized carbons (Fsp3) is 0.429. The van der Waals surface area contributed by atoms with Crippen molar-refractivity contribution in [2.24, 2.45) is 0 Å². The molecule has 2 heterocycles. The predicted molar refractivity (Wildman–Crippen MR) is 79.1 cm³/mol. The van der Waals surface area contributed by atoms with Crippen LogP contribution in [0.4, 0.5) is 11.4 Å². The molecule has 4 N–H and O–H groups in total. The molecule has 0 aliphatic carbocycles. The molecule has 1 atom stereocenters. The van der Waals surface area contributed by atoms with Gasteiger partial charge in [-0.25, -0.2) is 5.43 Å². The highest BCUT2D eigenvalue weighted by atomic mass is 15.4. The van der Waals surface area contributed by atoms with E-state index in [0.717, 1.165) is 31.9 Å². The summed E-state index contributed by atoms with van der Waals surface area (Å²) < 4.78 is 0. The summed E-state index contributed by atoms with van der Waals surface area (Å²) >= 11 is 0. The van der Waals surface area contributed by atoms with Crippen LogP contribution in [0.5, 0.6) is 0 Å². The summed E-state index contributed by atoms with van der Waals surface area (Å²) in [7, 11) is 0. The number of nitrogens with one attached hydrogen (secondary N) is 4. The number of nitrogens with zero attached hydrogens (tertiary/aromatic N) is 1. The molecule has 0 radical (unpaired) electrons. The maximum atomic E-state index is 3.42. The monoisotopic (exact) mass is 259 g/mol. The average molecular weight is 259 g/mol. The first kappa shape index (κ1) is 12.3. The molecule has 19 heavy (non-hydrogen) atoms. The quantitative estimate of drug-likeness (QED) is 0.646. The standard InChI is InChI=1S/C14H21N5/c1-11-10-12(17-14-4-5-16-18-14)2-3-13(11)19-8-6-15-7-9-19/h2-5,10,14-18H,6-9H2,1H3. The minimum Gasteiger partial charge on any atom is -0.369 e. The van der Waals surface area contributed by atoms with Gasteiger partial charge >= 0.3 is 0 Å². The SMILES string of the molecule is Cc1cc(NC2C=CNN2)ccc1N1CCNCC1. The Bertz CT molecular complexity index is 465. The van der Waals surface area contributed by atoms with Crippen molar-refractivity contribution in [1.29, 1.82) is 0 Å². The fourth-order valence-electron chi connectivity index (χ4n) is 2.60. The number of benzene rings is 1. The second kappa shape index (κ2) is 5.50. The van der Waals surface area contributed by atoms with E-state index in [1.165, 1.54) is 11.3 Å². The molecule has 1 fully saturated rings. The van der Waals surface area contributed by atoms with Crippen LogP contribution in [0.2, 0.25) is 0 Å². The van der Waals surface area contributed by atoms with Crippen LogP contribution in [0.3, 0.4) is 0 Å². The summed E-state index contributed by atoms with van der Waals surface area (Å²) in [6, 6.07) is 6.58. The molecular formula is C14H21N5. The van der Waals surface area contributed by atoms with Crippen molar-refractivity contribution in [2.75, 3.05) is 36.4 Å². The molecule has 102 valence electrons. The third kappa shape index (κ3) is 2.83. The number of rotatable bonds is 3. The lowest BCUT2D eigenvalue weighted by Gasteiger charge is -2.31. The molecule has 0 spiro atoms. The van der Waals surface area contributed by atoms with Gasteiger partial charge in [0.2, 0.25) is 0 Å². The van der Waals surface area contributed by atoms with E-state index in [2.05, 4.69) is 57.6 Å². The van der Waals surface area contributed by atoms with Crippen LogP contribution in [-0.4, -0.2) is 32.3 Å². The first-order chi connectivity index (χ1) is 9.33. The Labute approximate surface area is 114 Å². The molecule has 1 aromatic carbocycles. The lowest BCUT2D eigenvalue weighted by Crippen LogP contribution is -2.43. The van der Waals surface area contributed by atoms with Gasteiger partial charge in [0, 0.05) is 43.8 Å². The second-order valence-electron chi connectivity index (χ2n) is 5.01. The zero-order valence-corrected chi connectivity index (χ0v) is 11.2. The zero-order valence-electron chi connectivity index (χ0n) is 11.2. The minimum atomic E-state index is 0.157. The van der Waals surface area contributed by atoms with Crippen molar-refractivity contribution in [3.8, 4) is 0 Å². The molecule has 1 unspecified atom stereocenters. The van der Waals surface area contributed by atoms with Gasteiger partial charge in [-0.2, -0.15) is 0 Å². The minimum absolute atomic E-state index is 0.157. The highest BCUT2D eigenvalue weighted by molar-refractivity contribution is 5.61. The van der Waals surface area contributed by atoms with E-state index < -0.39 is 0 Å².